The molecular weight excluding hydrogens is 348 g/mol. The zero-order valence-electron chi connectivity index (χ0n) is 15.1. The molecule has 0 amide bonds. The first-order chi connectivity index (χ1) is 12.9. The Hall–Kier alpha value is -2.20. The van der Waals surface area contributed by atoms with Crippen LogP contribution in [-0.2, 0) is 5.66 Å². The van der Waals surface area contributed by atoms with Gasteiger partial charge in [0.2, 0.25) is 0 Å². The molecule has 10 N–H and O–H groups in total. The van der Waals surface area contributed by atoms with Crippen molar-refractivity contribution in [3.05, 3.63) is 59.7 Å². The Labute approximate surface area is 158 Å². The molecule has 0 aliphatic heterocycles. The number of nitrogens with two attached hydrogens (primary N) is 4. The molecule has 2 atom stereocenters. The lowest BCUT2D eigenvalue weighted by Crippen LogP contribution is -2.47. The molecule has 0 spiro atoms. The maximum absolute atomic E-state index is 9.44. The van der Waals surface area contributed by atoms with Crippen LogP contribution in [0, 0.1) is 0 Å². The summed E-state index contributed by atoms with van der Waals surface area (Å²) in [6.07, 6.45) is -1.42. The van der Waals surface area contributed by atoms with E-state index in [1.165, 1.54) is 0 Å². The molecule has 0 radical (unpaired) electrons. The van der Waals surface area contributed by atoms with Gasteiger partial charge in [0.15, 0.2) is 0 Å². The van der Waals surface area contributed by atoms with Crippen LogP contribution in [0.4, 0.5) is 0 Å². The van der Waals surface area contributed by atoms with Crippen molar-refractivity contribution in [1.29, 1.82) is 0 Å². The highest BCUT2D eigenvalue weighted by Gasteiger charge is 2.24. The van der Waals surface area contributed by atoms with Crippen molar-refractivity contribution < 1.29 is 19.7 Å². The van der Waals surface area contributed by atoms with Gasteiger partial charge in [-0.05, 0) is 35.4 Å². The lowest BCUT2D eigenvalue weighted by Gasteiger charge is -2.26. The molecule has 0 aromatic heterocycles. The lowest BCUT2D eigenvalue weighted by atomic mass is 9.93. The Balaban J connectivity index is 2.04. The lowest BCUT2D eigenvalue weighted by molar-refractivity contribution is 0.114. The second-order valence-electron chi connectivity index (χ2n) is 6.32. The van der Waals surface area contributed by atoms with Gasteiger partial charge < -0.3 is 42.6 Å². The highest BCUT2D eigenvalue weighted by molar-refractivity contribution is 5.41. The smallest absolute Gasteiger partial charge is 0.119 e. The average Bonchev–Trinajstić information content (AvgIpc) is 2.70. The zero-order valence-corrected chi connectivity index (χ0v) is 15.1. The number of hydrogen-bond acceptors (Lipinski definition) is 8. The second kappa shape index (κ2) is 9.65. The normalized spacial score (nSPS) is 13.9. The van der Waals surface area contributed by atoms with Crippen LogP contribution in [0.15, 0.2) is 48.5 Å². The summed E-state index contributed by atoms with van der Waals surface area (Å²) in [5, 5.41) is 18.9. The van der Waals surface area contributed by atoms with Crippen molar-refractivity contribution in [2.45, 2.75) is 17.9 Å². The van der Waals surface area contributed by atoms with E-state index in [0.717, 1.165) is 0 Å². The van der Waals surface area contributed by atoms with E-state index in [0.29, 0.717) is 22.6 Å². The SMILES string of the molecule is NCC(O)COc1ccc(C(N)(N)c2ccc(OCC(O)CN)cc2)cc1. The summed E-state index contributed by atoms with van der Waals surface area (Å²) in [5.41, 5.74) is 23.5. The van der Waals surface area contributed by atoms with Crippen molar-refractivity contribution in [3.63, 3.8) is 0 Å². The van der Waals surface area contributed by atoms with Gasteiger partial charge in [0.05, 0.1) is 0 Å². The third kappa shape index (κ3) is 5.90. The minimum Gasteiger partial charge on any atom is -0.491 e. The maximum atomic E-state index is 9.44. The summed E-state index contributed by atoms with van der Waals surface area (Å²) < 4.78 is 10.9. The first-order valence-electron chi connectivity index (χ1n) is 8.67. The van der Waals surface area contributed by atoms with Gasteiger partial charge in [-0.3, -0.25) is 0 Å². The van der Waals surface area contributed by atoms with E-state index >= 15 is 0 Å². The average molecular weight is 376 g/mol. The van der Waals surface area contributed by atoms with Crippen molar-refractivity contribution in [2.75, 3.05) is 26.3 Å². The highest BCUT2D eigenvalue weighted by Crippen LogP contribution is 2.25. The van der Waals surface area contributed by atoms with E-state index < -0.39 is 17.9 Å². The fourth-order valence-corrected chi connectivity index (χ4v) is 2.34. The van der Waals surface area contributed by atoms with Crippen LogP contribution in [0.3, 0.4) is 0 Å². The summed E-state index contributed by atoms with van der Waals surface area (Å²) >= 11 is 0. The third-order valence-electron chi connectivity index (χ3n) is 4.09. The fraction of sp³-hybridized carbons (Fsp3) is 0.368. The molecule has 0 aliphatic carbocycles. The maximum Gasteiger partial charge on any atom is 0.119 e. The van der Waals surface area contributed by atoms with Crippen LogP contribution in [0.2, 0.25) is 0 Å². The molecule has 0 aliphatic rings. The highest BCUT2D eigenvalue weighted by atomic mass is 16.5. The summed E-state index contributed by atoms with van der Waals surface area (Å²) in [6.45, 7) is 0.508. The van der Waals surface area contributed by atoms with Gasteiger partial charge in [0.1, 0.15) is 42.6 Å². The standard InChI is InChI=1S/C19H28N4O4/c20-9-15(24)11-26-17-5-1-13(2-6-17)19(22,23)14-3-7-18(8-4-14)27-12-16(25)10-21/h1-8,15-16,24-25H,9-12,20-23H2. The third-order valence-corrected chi connectivity index (χ3v) is 4.09. The number of hydrogen-bond donors (Lipinski definition) is 6. The van der Waals surface area contributed by atoms with Gasteiger partial charge in [-0.1, -0.05) is 24.3 Å². The van der Waals surface area contributed by atoms with E-state index in [1.807, 2.05) is 0 Å². The molecular formula is C19H28N4O4. The Morgan fingerprint density at radius 1 is 0.704 bits per heavy atom. The molecule has 27 heavy (non-hydrogen) atoms. The summed E-state index contributed by atoms with van der Waals surface area (Å²) in [7, 11) is 0. The van der Waals surface area contributed by atoms with Gasteiger partial charge in [-0.15, -0.1) is 0 Å². The van der Waals surface area contributed by atoms with E-state index in [2.05, 4.69) is 0 Å². The first-order valence-corrected chi connectivity index (χ1v) is 8.67. The van der Waals surface area contributed by atoms with Crippen molar-refractivity contribution in [2.24, 2.45) is 22.9 Å². The molecule has 8 nitrogen and oxygen atoms in total. The van der Waals surface area contributed by atoms with E-state index in [1.54, 1.807) is 48.5 Å². The molecule has 0 saturated heterocycles. The van der Waals surface area contributed by atoms with E-state index in [9.17, 15) is 10.2 Å². The van der Waals surface area contributed by atoms with Crippen LogP contribution >= 0.6 is 0 Å². The Morgan fingerprint density at radius 2 is 1.04 bits per heavy atom. The second-order valence-corrected chi connectivity index (χ2v) is 6.32. The summed E-state index contributed by atoms with van der Waals surface area (Å²) in [6, 6.07) is 14.0. The molecule has 2 aromatic rings. The van der Waals surface area contributed by atoms with Crippen molar-refractivity contribution in [1.82, 2.24) is 0 Å². The van der Waals surface area contributed by atoms with E-state index in [4.69, 9.17) is 32.4 Å². The number of rotatable bonds is 10. The minimum atomic E-state index is -1.20. The number of benzene rings is 2. The molecule has 2 rings (SSSR count). The number of aliphatic hydroxyl groups excluding tert-OH is 2. The Kier molecular flexibility index (Phi) is 7.55. The molecule has 0 saturated carbocycles. The Morgan fingerprint density at radius 3 is 1.33 bits per heavy atom. The molecule has 2 aromatic carbocycles. The fourth-order valence-electron chi connectivity index (χ4n) is 2.34. The van der Waals surface area contributed by atoms with Crippen LogP contribution in [-0.4, -0.2) is 48.7 Å². The predicted molar refractivity (Wildman–Crippen MR) is 103 cm³/mol. The topological polar surface area (TPSA) is 163 Å². The van der Waals surface area contributed by atoms with Gasteiger partial charge in [-0.25, -0.2) is 0 Å². The van der Waals surface area contributed by atoms with Gasteiger partial charge in [0.25, 0.3) is 0 Å². The molecule has 0 fully saturated rings. The first kappa shape index (κ1) is 21.1. The zero-order chi connectivity index (χ0) is 19.9. The van der Waals surface area contributed by atoms with Gasteiger partial charge in [0, 0.05) is 13.1 Å². The predicted octanol–water partition coefficient (Wildman–Crippen LogP) is -0.798. The molecule has 148 valence electrons. The van der Waals surface area contributed by atoms with Crippen LogP contribution in [0.5, 0.6) is 11.5 Å². The van der Waals surface area contributed by atoms with Crippen molar-refractivity contribution in [3.8, 4) is 11.5 Å². The quantitative estimate of drug-likeness (QED) is 0.294. The minimum absolute atomic E-state index is 0.118. The molecule has 2 unspecified atom stereocenters. The monoisotopic (exact) mass is 376 g/mol. The summed E-state index contributed by atoms with van der Waals surface area (Å²) in [5.74, 6) is 1.17. The van der Waals surface area contributed by atoms with Gasteiger partial charge >= 0.3 is 0 Å². The Bertz CT molecular complexity index is 632. The van der Waals surface area contributed by atoms with Crippen molar-refractivity contribution >= 4 is 0 Å². The molecule has 0 bridgehead atoms. The number of ether oxygens (including phenoxy) is 2. The number of aliphatic hydroxyl groups is 2. The summed E-state index contributed by atoms with van der Waals surface area (Å²) in [4.78, 5) is 0. The van der Waals surface area contributed by atoms with Crippen LogP contribution < -0.4 is 32.4 Å². The van der Waals surface area contributed by atoms with Crippen LogP contribution in [0.25, 0.3) is 0 Å². The largest absolute Gasteiger partial charge is 0.491 e. The van der Waals surface area contributed by atoms with E-state index in [-0.39, 0.29) is 26.3 Å². The van der Waals surface area contributed by atoms with Gasteiger partial charge in [-0.2, -0.15) is 0 Å². The molecule has 0 heterocycles. The molecule has 8 heteroatoms. The van der Waals surface area contributed by atoms with Crippen LogP contribution in [0.1, 0.15) is 11.1 Å².